The van der Waals surface area contributed by atoms with E-state index in [0.717, 1.165) is 5.56 Å². The second-order valence-electron chi connectivity index (χ2n) is 2.94. The third-order valence-corrected chi connectivity index (χ3v) is 1.98. The fourth-order valence-electron chi connectivity index (χ4n) is 1.19. The maximum absolute atomic E-state index is 13.1. The third kappa shape index (κ3) is 1.47. The highest BCUT2D eigenvalue weighted by molar-refractivity contribution is 5.57. The number of benzene rings is 1. The summed E-state index contributed by atoms with van der Waals surface area (Å²) in [6.07, 6.45) is 1.58. The fourth-order valence-corrected chi connectivity index (χ4v) is 1.19. The zero-order chi connectivity index (χ0) is 9.26. The van der Waals surface area contributed by atoms with Crippen LogP contribution in [0.15, 0.2) is 41.0 Å². The van der Waals surface area contributed by atoms with Crippen LogP contribution in [0, 0.1) is 12.7 Å². The van der Waals surface area contributed by atoms with Crippen molar-refractivity contribution in [2.45, 2.75) is 6.92 Å². The highest BCUT2D eigenvalue weighted by atomic mass is 19.1. The smallest absolute Gasteiger partial charge is 0.133 e. The van der Waals surface area contributed by atoms with Gasteiger partial charge in [0.2, 0.25) is 0 Å². The minimum Gasteiger partial charge on any atom is -0.464 e. The molecule has 13 heavy (non-hydrogen) atoms. The highest BCUT2D eigenvalue weighted by Gasteiger charge is 2.03. The van der Waals surface area contributed by atoms with Gasteiger partial charge in [-0.2, -0.15) is 0 Å². The molecule has 1 aromatic carbocycles. The zero-order valence-corrected chi connectivity index (χ0v) is 7.25. The van der Waals surface area contributed by atoms with Gasteiger partial charge in [-0.1, -0.05) is 12.1 Å². The molecule has 0 spiro atoms. The summed E-state index contributed by atoms with van der Waals surface area (Å²) in [6.45, 7) is 1.74. The van der Waals surface area contributed by atoms with E-state index in [9.17, 15) is 4.39 Å². The van der Waals surface area contributed by atoms with Gasteiger partial charge >= 0.3 is 0 Å². The van der Waals surface area contributed by atoms with Gasteiger partial charge in [0.15, 0.2) is 0 Å². The molecule has 2 aromatic rings. The Balaban J connectivity index is 2.49. The number of halogens is 1. The Kier molecular flexibility index (Phi) is 1.89. The Bertz CT molecular complexity index is 404. The van der Waals surface area contributed by atoms with Crippen LogP contribution in [0.1, 0.15) is 5.56 Å². The van der Waals surface area contributed by atoms with Crippen molar-refractivity contribution in [3.63, 3.8) is 0 Å². The lowest BCUT2D eigenvalue weighted by Crippen LogP contribution is -1.82. The van der Waals surface area contributed by atoms with Crippen molar-refractivity contribution in [1.82, 2.24) is 0 Å². The van der Waals surface area contributed by atoms with Gasteiger partial charge in [0.05, 0.1) is 6.26 Å². The van der Waals surface area contributed by atoms with Gasteiger partial charge in [-0.3, -0.25) is 0 Å². The number of rotatable bonds is 1. The first-order valence-corrected chi connectivity index (χ1v) is 4.07. The molecule has 0 saturated carbocycles. The van der Waals surface area contributed by atoms with Crippen molar-refractivity contribution < 1.29 is 8.81 Å². The molecule has 0 saturated heterocycles. The number of hydrogen-bond donors (Lipinski definition) is 0. The second kappa shape index (κ2) is 3.05. The van der Waals surface area contributed by atoms with Gasteiger partial charge in [-0.15, -0.1) is 0 Å². The molecular formula is C11H9FO. The normalized spacial score (nSPS) is 10.3. The maximum atomic E-state index is 13.1. The molecule has 0 N–H and O–H groups in total. The van der Waals surface area contributed by atoms with E-state index in [4.69, 9.17) is 4.42 Å². The lowest BCUT2D eigenvalue weighted by Gasteiger charge is -1.99. The first-order chi connectivity index (χ1) is 6.27. The van der Waals surface area contributed by atoms with Crippen LogP contribution in [0.2, 0.25) is 0 Å². The van der Waals surface area contributed by atoms with Crippen molar-refractivity contribution in [2.75, 3.05) is 0 Å². The number of furan rings is 1. The predicted molar refractivity (Wildman–Crippen MR) is 48.8 cm³/mol. The van der Waals surface area contributed by atoms with Crippen LogP contribution in [-0.2, 0) is 0 Å². The van der Waals surface area contributed by atoms with Crippen LogP contribution in [0.5, 0.6) is 0 Å². The summed E-state index contributed by atoms with van der Waals surface area (Å²) in [7, 11) is 0. The zero-order valence-electron chi connectivity index (χ0n) is 7.25. The number of hydrogen-bond acceptors (Lipinski definition) is 1. The molecular weight excluding hydrogens is 167 g/mol. The first kappa shape index (κ1) is 8.05. The van der Waals surface area contributed by atoms with Crippen molar-refractivity contribution >= 4 is 0 Å². The van der Waals surface area contributed by atoms with Gasteiger partial charge in [0.1, 0.15) is 11.6 Å². The summed E-state index contributed by atoms with van der Waals surface area (Å²) in [6, 6.07) is 8.66. The van der Waals surface area contributed by atoms with Crippen LogP contribution in [-0.4, -0.2) is 0 Å². The van der Waals surface area contributed by atoms with Crippen LogP contribution in [0.4, 0.5) is 4.39 Å². The molecule has 1 nitrogen and oxygen atoms in total. The van der Waals surface area contributed by atoms with Crippen molar-refractivity contribution in [3.8, 4) is 11.3 Å². The molecule has 0 aliphatic carbocycles. The van der Waals surface area contributed by atoms with Gasteiger partial charge in [-0.25, -0.2) is 4.39 Å². The Hall–Kier alpha value is -1.57. The van der Waals surface area contributed by atoms with E-state index < -0.39 is 0 Å². The van der Waals surface area contributed by atoms with E-state index in [1.54, 1.807) is 25.3 Å². The molecule has 2 heteroatoms. The van der Waals surface area contributed by atoms with Crippen molar-refractivity contribution in [2.24, 2.45) is 0 Å². The Morgan fingerprint density at radius 1 is 1.23 bits per heavy atom. The van der Waals surface area contributed by atoms with Crippen LogP contribution >= 0.6 is 0 Å². The molecule has 0 radical (unpaired) electrons. The molecule has 2 rings (SSSR count). The second-order valence-corrected chi connectivity index (χ2v) is 2.94. The minimum atomic E-state index is -0.200. The summed E-state index contributed by atoms with van der Waals surface area (Å²) >= 11 is 0. The van der Waals surface area contributed by atoms with E-state index in [0.29, 0.717) is 11.3 Å². The lowest BCUT2D eigenvalue weighted by molar-refractivity contribution is 0.579. The molecule has 0 fully saturated rings. The van der Waals surface area contributed by atoms with Crippen LogP contribution < -0.4 is 0 Å². The number of aryl methyl sites for hydroxylation is 1. The van der Waals surface area contributed by atoms with Crippen LogP contribution in [0.3, 0.4) is 0 Å². The lowest BCUT2D eigenvalue weighted by atomic mass is 10.1. The Morgan fingerprint density at radius 2 is 2.08 bits per heavy atom. The van der Waals surface area contributed by atoms with E-state index >= 15 is 0 Å². The maximum Gasteiger partial charge on any atom is 0.133 e. The fraction of sp³-hybridized carbons (Fsp3) is 0.0909. The van der Waals surface area contributed by atoms with Gasteiger partial charge in [0, 0.05) is 5.56 Å². The minimum absolute atomic E-state index is 0.200. The largest absolute Gasteiger partial charge is 0.464 e. The van der Waals surface area contributed by atoms with Crippen LogP contribution in [0.25, 0.3) is 11.3 Å². The Morgan fingerprint density at radius 3 is 2.69 bits per heavy atom. The first-order valence-electron chi connectivity index (χ1n) is 4.07. The monoisotopic (exact) mass is 176 g/mol. The van der Waals surface area contributed by atoms with E-state index in [2.05, 4.69) is 0 Å². The quantitative estimate of drug-likeness (QED) is 0.649. The molecule has 0 atom stereocenters. The van der Waals surface area contributed by atoms with Gasteiger partial charge in [0.25, 0.3) is 0 Å². The summed E-state index contributed by atoms with van der Waals surface area (Å²) < 4.78 is 18.3. The van der Waals surface area contributed by atoms with E-state index in [1.165, 1.54) is 6.07 Å². The third-order valence-electron chi connectivity index (χ3n) is 1.98. The average Bonchev–Trinajstić information content (AvgIpc) is 2.62. The summed E-state index contributed by atoms with van der Waals surface area (Å²) in [5.41, 5.74) is 1.42. The predicted octanol–water partition coefficient (Wildman–Crippen LogP) is 3.39. The average molecular weight is 176 g/mol. The van der Waals surface area contributed by atoms with E-state index in [-0.39, 0.29) is 5.82 Å². The van der Waals surface area contributed by atoms with Crippen molar-refractivity contribution in [3.05, 3.63) is 48.0 Å². The molecule has 0 aliphatic rings. The molecule has 0 amide bonds. The molecule has 66 valence electrons. The van der Waals surface area contributed by atoms with Gasteiger partial charge < -0.3 is 4.42 Å². The molecule has 1 aromatic heterocycles. The standard InChI is InChI=1S/C11H9FO/c1-8-4-5-9(7-10(8)12)11-3-2-6-13-11/h2-7H,1H3. The summed E-state index contributed by atoms with van der Waals surface area (Å²) in [5.74, 6) is 0.493. The summed E-state index contributed by atoms with van der Waals surface area (Å²) in [5, 5.41) is 0. The van der Waals surface area contributed by atoms with E-state index in [1.807, 2.05) is 12.1 Å². The molecule has 0 bridgehead atoms. The molecule has 1 heterocycles. The topological polar surface area (TPSA) is 13.1 Å². The molecule has 0 unspecified atom stereocenters. The summed E-state index contributed by atoms with van der Waals surface area (Å²) in [4.78, 5) is 0. The Labute approximate surface area is 75.8 Å². The SMILES string of the molecule is Cc1ccc(-c2ccco2)cc1F. The molecule has 0 aliphatic heterocycles. The highest BCUT2D eigenvalue weighted by Crippen LogP contribution is 2.21. The van der Waals surface area contributed by atoms with Gasteiger partial charge in [-0.05, 0) is 30.7 Å². The van der Waals surface area contributed by atoms with Crippen molar-refractivity contribution in [1.29, 1.82) is 0 Å².